The van der Waals surface area contributed by atoms with Gasteiger partial charge in [-0.3, -0.25) is 4.68 Å². The monoisotopic (exact) mass is 336 g/mol. The van der Waals surface area contributed by atoms with E-state index in [-0.39, 0.29) is 24.1 Å². The lowest BCUT2D eigenvalue weighted by molar-refractivity contribution is 0.0562. The van der Waals surface area contributed by atoms with Crippen LogP contribution in [0.15, 0.2) is 0 Å². The Labute approximate surface area is 145 Å². The van der Waals surface area contributed by atoms with Crippen molar-refractivity contribution in [1.82, 2.24) is 20.0 Å². The Balaban J connectivity index is 2.00. The van der Waals surface area contributed by atoms with E-state index in [1.807, 2.05) is 32.6 Å². The number of hydrogen-bond donors (Lipinski definition) is 2. The van der Waals surface area contributed by atoms with Gasteiger partial charge < -0.3 is 15.3 Å². The molecule has 6 nitrogen and oxygen atoms in total. The van der Waals surface area contributed by atoms with Gasteiger partial charge in [0.2, 0.25) is 0 Å². The third-order valence-corrected chi connectivity index (χ3v) is 5.34. The lowest BCUT2D eigenvalue weighted by Crippen LogP contribution is -2.44. The molecule has 0 radical (unpaired) electrons. The molecule has 0 aromatic carbocycles. The molecule has 24 heavy (non-hydrogen) atoms. The fourth-order valence-corrected chi connectivity index (χ4v) is 3.77. The lowest BCUT2D eigenvalue weighted by atomic mass is 9.86. The molecule has 6 heteroatoms. The zero-order valence-electron chi connectivity index (χ0n) is 15.7. The van der Waals surface area contributed by atoms with E-state index in [0.717, 1.165) is 49.1 Å². The number of aromatic nitrogens is 2. The number of carbonyl (C=O) groups is 1. The van der Waals surface area contributed by atoms with Gasteiger partial charge in [-0.2, -0.15) is 5.10 Å². The Bertz CT molecular complexity index is 570. The zero-order valence-corrected chi connectivity index (χ0v) is 15.7. The van der Waals surface area contributed by atoms with Crippen molar-refractivity contribution in [2.45, 2.75) is 65.0 Å². The van der Waals surface area contributed by atoms with Gasteiger partial charge in [-0.1, -0.05) is 19.8 Å². The second kappa shape index (κ2) is 8.01. The normalized spacial score (nSPS) is 22.2. The smallest absolute Gasteiger partial charge is 0.317 e. The van der Waals surface area contributed by atoms with Crippen LogP contribution in [0.5, 0.6) is 0 Å². The van der Waals surface area contributed by atoms with Gasteiger partial charge in [-0.25, -0.2) is 4.79 Å². The molecule has 1 aliphatic rings. The van der Waals surface area contributed by atoms with Gasteiger partial charge in [0.1, 0.15) is 0 Å². The molecule has 2 rings (SSSR count). The fourth-order valence-electron chi connectivity index (χ4n) is 3.77. The van der Waals surface area contributed by atoms with E-state index in [0.29, 0.717) is 6.54 Å². The minimum Gasteiger partial charge on any atom is -0.393 e. The number of urea groups is 1. The number of rotatable bonds is 5. The molecular formula is C18H32N4O2. The van der Waals surface area contributed by atoms with Gasteiger partial charge in [-0.05, 0) is 33.1 Å². The van der Waals surface area contributed by atoms with Crippen molar-refractivity contribution in [3.8, 4) is 0 Å². The van der Waals surface area contributed by atoms with E-state index in [1.165, 1.54) is 0 Å². The topological polar surface area (TPSA) is 70.4 Å². The SMILES string of the molecule is CCC(NC(=O)N(C)CC1CCCCC1O)c1c(C)nn(C)c1C. The minimum atomic E-state index is -0.279. The summed E-state index contributed by atoms with van der Waals surface area (Å²) in [4.78, 5) is 14.3. The van der Waals surface area contributed by atoms with Gasteiger partial charge >= 0.3 is 6.03 Å². The van der Waals surface area contributed by atoms with Gasteiger partial charge in [0.15, 0.2) is 0 Å². The molecule has 2 N–H and O–H groups in total. The maximum atomic E-state index is 12.6. The Morgan fingerprint density at radius 1 is 1.42 bits per heavy atom. The minimum absolute atomic E-state index is 0.0371. The molecule has 1 aromatic heterocycles. The number of nitrogens with one attached hydrogen (secondary N) is 1. The Hall–Kier alpha value is -1.56. The number of hydrogen-bond acceptors (Lipinski definition) is 3. The summed E-state index contributed by atoms with van der Waals surface area (Å²) in [5.41, 5.74) is 3.16. The first-order valence-electron chi connectivity index (χ1n) is 9.04. The van der Waals surface area contributed by atoms with Gasteiger partial charge in [0.25, 0.3) is 0 Å². The van der Waals surface area contributed by atoms with E-state index < -0.39 is 0 Å². The summed E-state index contributed by atoms with van der Waals surface area (Å²) in [6, 6.07) is -0.118. The fraction of sp³-hybridized carbons (Fsp3) is 0.778. The Morgan fingerprint density at radius 2 is 2.08 bits per heavy atom. The highest BCUT2D eigenvalue weighted by Crippen LogP contribution is 2.26. The molecule has 0 saturated heterocycles. The van der Waals surface area contributed by atoms with E-state index in [1.54, 1.807) is 4.90 Å². The van der Waals surface area contributed by atoms with Crippen LogP contribution in [0.4, 0.5) is 4.79 Å². The van der Waals surface area contributed by atoms with Crippen LogP contribution in [0.1, 0.15) is 62.0 Å². The predicted octanol–water partition coefficient (Wildman–Crippen LogP) is 2.68. The van der Waals surface area contributed by atoms with Crippen molar-refractivity contribution in [3.63, 3.8) is 0 Å². The van der Waals surface area contributed by atoms with Gasteiger partial charge in [0.05, 0.1) is 17.8 Å². The maximum Gasteiger partial charge on any atom is 0.317 e. The molecule has 1 heterocycles. The molecule has 3 unspecified atom stereocenters. The molecule has 0 spiro atoms. The highest BCUT2D eigenvalue weighted by molar-refractivity contribution is 5.74. The first kappa shape index (κ1) is 18.8. The number of amides is 2. The molecule has 136 valence electrons. The van der Waals surface area contributed by atoms with Crippen LogP contribution in [0.25, 0.3) is 0 Å². The second-order valence-corrected chi connectivity index (χ2v) is 7.11. The summed E-state index contributed by atoms with van der Waals surface area (Å²) in [6.45, 7) is 6.70. The standard InChI is InChI=1S/C18H32N4O2/c1-6-15(17-12(2)20-22(5)13(17)3)19-18(24)21(4)11-14-9-7-8-10-16(14)23/h14-16,23H,6-11H2,1-5H3,(H,19,24). The number of aryl methyl sites for hydroxylation is 2. The molecule has 1 fully saturated rings. The van der Waals surface area contributed by atoms with E-state index >= 15 is 0 Å². The summed E-state index contributed by atoms with van der Waals surface area (Å²) in [6.07, 6.45) is 4.62. The van der Waals surface area contributed by atoms with Crippen molar-refractivity contribution < 1.29 is 9.90 Å². The summed E-state index contributed by atoms with van der Waals surface area (Å²) in [5.74, 6) is 0.191. The maximum absolute atomic E-state index is 12.6. The molecule has 2 amide bonds. The van der Waals surface area contributed by atoms with Crippen LogP contribution >= 0.6 is 0 Å². The van der Waals surface area contributed by atoms with Crippen LogP contribution in [0.3, 0.4) is 0 Å². The third-order valence-electron chi connectivity index (χ3n) is 5.34. The third kappa shape index (κ3) is 4.09. The van der Waals surface area contributed by atoms with E-state index in [4.69, 9.17) is 0 Å². The van der Waals surface area contributed by atoms with Crippen molar-refractivity contribution >= 4 is 6.03 Å². The second-order valence-electron chi connectivity index (χ2n) is 7.11. The summed E-state index contributed by atoms with van der Waals surface area (Å²) in [5, 5.41) is 17.7. The van der Waals surface area contributed by atoms with Gasteiger partial charge in [0, 0.05) is 37.8 Å². The molecule has 1 aromatic rings. The molecule has 1 saturated carbocycles. The quantitative estimate of drug-likeness (QED) is 0.868. The molecule has 1 aliphatic carbocycles. The molecule has 0 bridgehead atoms. The average molecular weight is 336 g/mol. The largest absolute Gasteiger partial charge is 0.393 e. The molecular weight excluding hydrogens is 304 g/mol. The van der Waals surface area contributed by atoms with Crippen molar-refractivity contribution in [3.05, 3.63) is 17.0 Å². The van der Waals surface area contributed by atoms with Crippen molar-refractivity contribution in [1.29, 1.82) is 0 Å². The lowest BCUT2D eigenvalue weighted by Gasteiger charge is -2.32. The number of aliphatic hydroxyl groups excluding tert-OH is 1. The van der Waals surface area contributed by atoms with Crippen LogP contribution in [-0.2, 0) is 7.05 Å². The summed E-state index contributed by atoms with van der Waals surface area (Å²) < 4.78 is 1.86. The first-order valence-corrected chi connectivity index (χ1v) is 9.04. The highest BCUT2D eigenvalue weighted by atomic mass is 16.3. The van der Waals surface area contributed by atoms with E-state index in [9.17, 15) is 9.90 Å². The molecule has 0 aliphatic heterocycles. The predicted molar refractivity (Wildman–Crippen MR) is 94.8 cm³/mol. The Morgan fingerprint density at radius 3 is 2.62 bits per heavy atom. The van der Waals surface area contributed by atoms with Crippen LogP contribution in [-0.4, -0.2) is 45.5 Å². The van der Waals surface area contributed by atoms with Crippen LogP contribution in [0.2, 0.25) is 0 Å². The number of carbonyl (C=O) groups excluding carboxylic acids is 1. The van der Waals surface area contributed by atoms with Crippen molar-refractivity contribution in [2.75, 3.05) is 13.6 Å². The molecule has 3 atom stereocenters. The van der Waals surface area contributed by atoms with Crippen molar-refractivity contribution in [2.24, 2.45) is 13.0 Å². The summed E-state index contributed by atoms with van der Waals surface area (Å²) >= 11 is 0. The number of nitrogens with zero attached hydrogens (tertiary/aromatic N) is 3. The average Bonchev–Trinajstić information content (AvgIpc) is 2.80. The zero-order chi connectivity index (χ0) is 17.9. The Kier molecular flexibility index (Phi) is 6.27. The van der Waals surface area contributed by atoms with Crippen LogP contribution < -0.4 is 5.32 Å². The first-order chi connectivity index (χ1) is 11.3. The van der Waals surface area contributed by atoms with Gasteiger partial charge in [-0.15, -0.1) is 0 Å². The van der Waals surface area contributed by atoms with Crippen LogP contribution in [0, 0.1) is 19.8 Å². The summed E-state index contributed by atoms with van der Waals surface area (Å²) in [7, 11) is 3.74. The number of aliphatic hydroxyl groups is 1. The van der Waals surface area contributed by atoms with E-state index in [2.05, 4.69) is 17.3 Å². The highest BCUT2D eigenvalue weighted by Gasteiger charge is 2.27.